The first kappa shape index (κ1) is 16.4. The Labute approximate surface area is 149 Å². The van der Waals surface area contributed by atoms with E-state index in [0.717, 1.165) is 23.0 Å². The number of hydrogen-bond acceptors (Lipinski definition) is 6. The van der Waals surface area contributed by atoms with E-state index >= 15 is 0 Å². The van der Waals surface area contributed by atoms with Gasteiger partial charge in [0.05, 0.1) is 5.75 Å². The van der Waals surface area contributed by atoms with Crippen molar-refractivity contribution < 1.29 is 9.59 Å². The third-order valence-corrected chi connectivity index (χ3v) is 5.54. The van der Waals surface area contributed by atoms with Crippen LogP contribution in [0.2, 0.25) is 0 Å². The van der Waals surface area contributed by atoms with Crippen LogP contribution in [0.1, 0.15) is 12.8 Å². The standard InChI is InChI=1S/C14H13BrN4O2S2/c15-9-3-5-10(6-4-9)16-11(20)7-22-14-19-18-13(23-14)17-12(21)8-1-2-8/h3-6,8H,1-2,7H2,(H,16,20)(H,17,18,21). The fourth-order valence-corrected chi connectivity index (χ4v) is 3.55. The summed E-state index contributed by atoms with van der Waals surface area (Å²) in [5, 5.41) is 13.9. The van der Waals surface area contributed by atoms with E-state index in [1.807, 2.05) is 24.3 Å². The van der Waals surface area contributed by atoms with Gasteiger partial charge in [0.2, 0.25) is 16.9 Å². The third-order valence-electron chi connectivity index (χ3n) is 3.04. The molecule has 0 aliphatic heterocycles. The van der Waals surface area contributed by atoms with Gasteiger partial charge in [-0.3, -0.25) is 9.59 Å². The van der Waals surface area contributed by atoms with Crippen molar-refractivity contribution in [3.63, 3.8) is 0 Å². The van der Waals surface area contributed by atoms with E-state index in [2.05, 4.69) is 36.8 Å². The maximum Gasteiger partial charge on any atom is 0.234 e. The SMILES string of the molecule is O=C(CSc1nnc(NC(=O)C2CC2)s1)Nc1ccc(Br)cc1. The number of nitrogens with one attached hydrogen (secondary N) is 2. The minimum atomic E-state index is -0.115. The predicted octanol–water partition coefficient (Wildman–Crippen LogP) is 3.38. The van der Waals surface area contributed by atoms with Crippen LogP contribution in [-0.2, 0) is 9.59 Å². The molecule has 2 N–H and O–H groups in total. The van der Waals surface area contributed by atoms with Gasteiger partial charge in [-0.25, -0.2) is 0 Å². The zero-order valence-electron chi connectivity index (χ0n) is 11.9. The number of carbonyl (C=O) groups is 2. The molecule has 9 heteroatoms. The van der Waals surface area contributed by atoms with Crippen LogP contribution >= 0.6 is 39.0 Å². The van der Waals surface area contributed by atoms with Crippen molar-refractivity contribution in [3.05, 3.63) is 28.7 Å². The predicted molar refractivity (Wildman–Crippen MR) is 94.8 cm³/mol. The van der Waals surface area contributed by atoms with Crippen molar-refractivity contribution in [3.8, 4) is 0 Å². The Kier molecular flexibility index (Phi) is 5.29. The highest BCUT2D eigenvalue weighted by atomic mass is 79.9. The van der Waals surface area contributed by atoms with Crippen LogP contribution in [0.3, 0.4) is 0 Å². The van der Waals surface area contributed by atoms with Crippen LogP contribution in [0, 0.1) is 5.92 Å². The Balaban J connectivity index is 1.46. The van der Waals surface area contributed by atoms with Gasteiger partial charge in [-0.05, 0) is 37.1 Å². The highest BCUT2D eigenvalue weighted by molar-refractivity contribution is 9.10. The lowest BCUT2D eigenvalue weighted by atomic mass is 10.3. The summed E-state index contributed by atoms with van der Waals surface area (Å²) >= 11 is 5.92. The number of aromatic nitrogens is 2. The molecule has 0 unspecified atom stereocenters. The molecule has 0 atom stereocenters. The fraction of sp³-hybridized carbons (Fsp3) is 0.286. The second-order valence-corrected chi connectivity index (χ2v) is 8.10. The molecule has 6 nitrogen and oxygen atoms in total. The normalized spacial score (nSPS) is 13.6. The highest BCUT2D eigenvalue weighted by Crippen LogP contribution is 2.31. The molecule has 0 bridgehead atoms. The lowest BCUT2D eigenvalue weighted by Crippen LogP contribution is -2.13. The van der Waals surface area contributed by atoms with Crippen LogP contribution in [0.4, 0.5) is 10.8 Å². The number of anilines is 2. The molecule has 2 aromatic rings. The molecule has 1 aliphatic rings. The van der Waals surface area contributed by atoms with E-state index in [9.17, 15) is 9.59 Å². The number of benzene rings is 1. The summed E-state index contributed by atoms with van der Waals surface area (Å²) in [6.45, 7) is 0. The van der Waals surface area contributed by atoms with Gasteiger partial charge in [-0.15, -0.1) is 10.2 Å². The molecule has 1 aliphatic carbocycles. The van der Waals surface area contributed by atoms with Gasteiger partial charge in [0, 0.05) is 16.1 Å². The number of amides is 2. The van der Waals surface area contributed by atoms with Crippen molar-refractivity contribution in [2.24, 2.45) is 5.92 Å². The molecule has 1 fully saturated rings. The minimum Gasteiger partial charge on any atom is -0.325 e. The molecule has 0 spiro atoms. The Morgan fingerprint density at radius 1 is 1.22 bits per heavy atom. The molecule has 23 heavy (non-hydrogen) atoms. The molecule has 3 rings (SSSR count). The van der Waals surface area contributed by atoms with Gasteiger partial charge in [0.15, 0.2) is 4.34 Å². The topological polar surface area (TPSA) is 84.0 Å². The van der Waals surface area contributed by atoms with Crippen LogP contribution in [0.15, 0.2) is 33.1 Å². The molecule has 0 radical (unpaired) electrons. The Morgan fingerprint density at radius 2 is 1.96 bits per heavy atom. The molecule has 1 aromatic heterocycles. The largest absolute Gasteiger partial charge is 0.325 e. The van der Waals surface area contributed by atoms with Crippen LogP contribution in [-0.4, -0.2) is 27.8 Å². The zero-order chi connectivity index (χ0) is 16.2. The molecular weight excluding hydrogens is 400 g/mol. The summed E-state index contributed by atoms with van der Waals surface area (Å²) in [5.41, 5.74) is 0.744. The Morgan fingerprint density at radius 3 is 2.65 bits per heavy atom. The van der Waals surface area contributed by atoms with E-state index in [-0.39, 0.29) is 23.5 Å². The van der Waals surface area contributed by atoms with E-state index in [4.69, 9.17) is 0 Å². The van der Waals surface area contributed by atoms with Gasteiger partial charge in [-0.1, -0.05) is 39.0 Å². The molecule has 1 saturated carbocycles. The first-order chi connectivity index (χ1) is 11.1. The van der Waals surface area contributed by atoms with Crippen molar-refractivity contribution in [1.82, 2.24) is 10.2 Å². The second kappa shape index (κ2) is 7.41. The van der Waals surface area contributed by atoms with Crippen LogP contribution in [0.25, 0.3) is 0 Å². The first-order valence-corrected chi connectivity index (χ1v) is 9.52. The van der Waals surface area contributed by atoms with Gasteiger partial charge in [0.25, 0.3) is 0 Å². The quantitative estimate of drug-likeness (QED) is 0.560. The number of hydrogen-bond donors (Lipinski definition) is 2. The average Bonchev–Trinajstić information content (AvgIpc) is 3.29. The summed E-state index contributed by atoms with van der Waals surface area (Å²) in [6, 6.07) is 7.37. The van der Waals surface area contributed by atoms with Crippen LogP contribution < -0.4 is 10.6 Å². The van der Waals surface area contributed by atoms with Crippen LogP contribution in [0.5, 0.6) is 0 Å². The molecule has 1 aromatic carbocycles. The Bertz CT molecular complexity index is 716. The van der Waals surface area contributed by atoms with Gasteiger partial charge in [0.1, 0.15) is 0 Å². The number of nitrogens with zero attached hydrogens (tertiary/aromatic N) is 2. The molecular formula is C14H13BrN4O2S2. The summed E-state index contributed by atoms with van der Waals surface area (Å²) in [4.78, 5) is 23.5. The lowest BCUT2D eigenvalue weighted by Gasteiger charge is -2.03. The van der Waals surface area contributed by atoms with Gasteiger partial charge >= 0.3 is 0 Å². The summed E-state index contributed by atoms with van der Waals surface area (Å²) in [7, 11) is 0. The van der Waals surface area contributed by atoms with E-state index in [0.29, 0.717) is 9.47 Å². The Hall–Kier alpha value is -1.45. The lowest BCUT2D eigenvalue weighted by molar-refractivity contribution is -0.117. The number of halogens is 1. The van der Waals surface area contributed by atoms with Crippen molar-refractivity contribution >= 4 is 61.7 Å². The van der Waals surface area contributed by atoms with E-state index < -0.39 is 0 Å². The molecule has 120 valence electrons. The van der Waals surface area contributed by atoms with Crippen molar-refractivity contribution in [2.75, 3.05) is 16.4 Å². The van der Waals surface area contributed by atoms with E-state index in [1.165, 1.54) is 23.1 Å². The summed E-state index contributed by atoms with van der Waals surface area (Å²) in [6.07, 6.45) is 1.89. The first-order valence-electron chi connectivity index (χ1n) is 6.93. The summed E-state index contributed by atoms with van der Waals surface area (Å²) in [5.74, 6) is 0.259. The second-order valence-electron chi connectivity index (χ2n) is 4.98. The summed E-state index contributed by atoms with van der Waals surface area (Å²) < 4.78 is 1.61. The zero-order valence-corrected chi connectivity index (χ0v) is 15.1. The minimum absolute atomic E-state index is 0.00526. The maximum atomic E-state index is 11.9. The number of thioether (sulfide) groups is 1. The number of carbonyl (C=O) groups excluding carboxylic acids is 2. The molecule has 2 amide bonds. The monoisotopic (exact) mass is 412 g/mol. The highest BCUT2D eigenvalue weighted by Gasteiger charge is 2.30. The molecule has 0 saturated heterocycles. The average molecular weight is 413 g/mol. The fourth-order valence-electron chi connectivity index (χ4n) is 1.73. The van der Waals surface area contributed by atoms with Gasteiger partial charge in [-0.2, -0.15) is 0 Å². The molecule has 1 heterocycles. The maximum absolute atomic E-state index is 11.9. The van der Waals surface area contributed by atoms with Gasteiger partial charge < -0.3 is 10.6 Å². The van der Waals surface area contributed by atoms with Crippen molar-refractivity contribution in [2.45, 2.75) is 17.2 Å². The number of rotatable bonds is 6. The smallest absolute Gasteiger partial charge is 0.234 e. The van der Waals surface area contributed by atoms with E-state index in [1.54, 1.807) is 0 Å². The third kappa shape index (κ3) is 5.02. The van der Waals surface area contributed by atoms with Crippen molar-refractivity contribution in [1.29, 1.82) is 0 Å².